The van der Waals surface area contributed by atoms with E-state index in [1.165, 1.54) is 7.11 Å². The molecule has 0 aliphatic carbocycles. The lowest BCUT2D eigenvalue weighted by atomic mass is 10.2. The highest BCUT2D eigenvalue weighted by Gasteiger charge is 2.22. The number of rotatable bonds is 9. The van der Waals surface area contributed by atoms with E-state index >= 15 is 0 Å². The second-order valence-electron chi connectivity index (χ2n) is 3.36. The summed E-state index contributed by atoms with van der Waals surface area (Å²) in [5.41, 5.74) is 0. The maximum absolute atomic E-state index is 11.6. The minimum Gasteiger partial charge on any atom is -0.464 e. The molecule has 0 heterocycles. The average Bonchev–Trinajstić information content (AvgIpc) is 2.35. The van der Waals surface area contributed by atoms with Crippen LogP contribution in [0.15, 0.2) is 0 Å². The lowest BCUT2D eigenvalue weighted by molar-refractivity contribution is -0.145. The van der Waals surface area contributed by atoms with Crippen molar-refractivity contribution in [2.45, 2.75) is 19.4 Å². The molecular weight excluding hydrogens is 258 g/mol. The summed E-state index contributed by atoms with van der Waals surface area (Å²) in [4.78, 5) is 23.0. The number of carbonyl (C=O) groups excluding carboxylic acids is 2. The van der Waals surface area contributed by atoms with Gasteiger partial charge in [0.25, 0.3) is 0 Å². The quantitative estimate of drug-likeness (QED) is 0.502. The van der Waals surface area contributed by atoms with E-state index in [4.69, 9.17) is 14.2 Å². The van der Waals surface area contributed by atoms with Crippen molar-refractivity contribution >= 4 is 23.8 Å². The molecule has 0 aliphatic heterocycles. The van der Waals surface area contributed by atoms with Crippen LogP contribution in [0.2, 0.25) is 0 Å². The second-order valence-corrected chi connectivity index (χ2v) is 4.34. The molecule has 0 saturated heterocycles. The van der Waals surface area contributed by atoms with Crippen LogP contribution in [-0.4, -0.2) is 57.0 Å². The maximum Gasteiger partial charge on any atom is 0.407 e. The van der Waals surface area contributed by atoms with Gasteiger partial charge in [-0.05, 0) is 25.4 Å². The summed E-state index contributed by atoms with van der Waals surface area (Å²) in [5.74, 6) is 0.317. The molecule has 1 N–H and O–H groups in total. The molecule has 0 aromatic carbocycles. The van der Waals surface area contributed by atoms with Crippen LogP contribution in [0.4, 0.5) is 4.79 Å². The number of alkyl carbamates (subject to hydrolysis) is 1. The normalized spacial score (nSPS) is 11.7. The Labute approximate surface area is 112 Å². The topological polar surface area (TPSA) is 73.9 Å². The Kier molecular flexibility index (Phi) is 10.6. The summed E-state index contributed by atoms with van der Waals surface area (Å²) in [7, 11) is 1.52. The first-order valence-electron chi connectivity index (χ1n) is 5.73. The number of methoxy groups -OCH3 is 1. The zero-order valence-corrected chi connectivity index (χ0v) is 11.9. The van der Waals surface area contributed by atoms with Crippen LogP contribution < -0.4 is 5.32 Å². The van der Waals surface area contributed by atoms with Crippen LogP contribution in [0.5, 0.6) is 0 Å². The molecule has 18 heavy (non-hydrogen) atoms. The Hall–Kier alpha value is -0.950. The molecule has 0 rings (SSSR count). The van der Waals surface area contributed by atoms with Crippen LogP contribution >= 0.6 is 11.8 Å². The van der Waals surface area contributed by atoms with Crippen LogP contribution in [-0.2, 0) is 19.0 Å². The Morgan fingerprint density at radius 1 is 1.28 bits per heavy atom. The molecule has 7 heteroatoms. The van der Waals surface area contributed by atoms with Crippen molar-refractivity contribution in [3.63, 3.8) is 0 Å². The molecule has 1 atom stereocenters. The first-order valence-corrected chi connectivity index (χ1v) is 7.12. The number of hydrogen-bond acceptors (Lipinski definition) is 6. The van der Waals surface area contributed by atoms with Crippen LogP contribution in [0, 0.1) is 0 Å². The van der Waals surface area contributed by atoms with Gasteiger partial charge in [-0.25, -0.2) is 9.59 Å². The summed E-state index contributed by atoms with van der Waals surface area (Å²) < 4.78 is 14.5. The van der Waals surface area contributed by atoms with Crippen molar-refractivity contribution in [2.75, 3.05) is 38.9 Å². The Balaban J connectivity index is 4.12. The zero-order valence-electron chi connectivity index (χ0n) is 11.1. The van der Waals surface area contributed by atoms with Gasteiger partial charge in [-0.3, -0.25) is 0 Å². The predicted octanol–water partition coefficient (Wildman–Crippen LogP) is 1.04. The van der Waals surface area contributed by atoms with Crippen molar-refractivity contribution in [2.24, 2.45) is 0 Å². The highest BCUT2D eigenvalue weighted by molar-refractivity contribution is 7.98. The lowest BCUT2D eigenvalue weighted by Gasteiger charge is -2.16. The molecule has 0 bridgehead atoms. The van der Waals surface area contributed by atoms with Gasteiger partial charge in [0.15, 0.2) is 0 Å². The number of nitrogens with one attached hydrogen (secondary N) is 1. The predicted molar refractivity (Wildman–Crippen MR) is 69.8 cm³/mol. The molecule has 0 aliphatic rings. The van der Waals surface area contributed by atoms with Crippen molar-refractivity contribution in [1.29, 1.82) is 0 Å². The molecule has 6 nitrogen and oxygen atoms in total. The highest BCUT2D eigenvalue weighted by atomic mass is 32.2. The fourth-order valence-electron chi connectivity index (χ4n) is 1.13. The first kappa shape index (κ1) is 17.1. The van der Waals surface area contributed by atoms with Gasteiger partial charge in [0.05, 0.1) is 13.2 Å². The summed E-state index contributed by atoms with van der Waals surface area (Å²) in [5, 5.41) is 2.49. The number of carbonyl (C=O) groups is 2. The SMILES string of the molecule is CCOC(=O)C(CCSC)NC(=O)OCCOC. The third kappa shape index (κ3) is 8.19. The van der Waals surface area contributed by atoms with Gasteiger partial charge < -0.3 is 19.5 Å². The second kappa shape index (κ2) is 11.2. The summed E-state index contributed by atoms with van der Waals surface area (Å²) in [6, 6.07) is -0.660. The van der Waals surface area contributed by atoms with Crippen molar-refractivity contribution in [3.05, 3.63) is 0 Å². The number of ether oxygens (including phenoxy) is 3. The van der Waals surface area contributed by atoms with E-state index in [0.29, 0.717) is 13.0 Å². The van der Waals surface area contributed by atoms with E-state index in [2.05, 4.69) is 5.32 Å². The molecule has 1 amide bonds. The molecule has 0 aromatic rings. The highest BCUT2D eigenvalue weighted by Crippen LogP contribution is 2.03. The van der Waals surface area contributed by atoms with Gasteiger partial charge >= 0.3 is 12.1 Å². The standard InChI is InChI=1S/C11H21NO5S/c1-4-16-10(13)9(5-8-18-3)12-11(14)17-7-6-15-2/h9H,4-8H2,1-3H3,(H,12,14). The van der Waals surface area contributed by atoms with Crippen LogP contribution in [0.25, 0.3) is 0 Å². The summed E-state index contributed by atoms with van der Waals surface area (Å²) >= 11 is 1.59. The monoisotopic (exact) mass is 279 g/mol. The van der Waals surface area contributed by atoms with Gasteiger partial charge in [0.1, 0.15) is 12.6 Å². The molecule has 0 aromatic heterocycles. The first-order chi connectivity index (χ1) is 8.65. The van der Waals surface area contributed by atoms with E-state index < -0.39 is 18.1 Å². The Morgan fingerprint density at radius 2 is 2.00 bits per heavy atom. The fourth-order valence-corrected chi connectivity index (χ4v) is 1.60. The third-order valence-corrected chi connectivity index (χ3v) is 2.64. The van der Waals surface area contributed by atoms with E-state index in [0.717, 1.165) is 5.75 Å². The van der Waals surface area contributed by atoms with Gasteiger partial charge in [-0.2, -0.15) is 11.8 Å². The smallest absolute Gasteiger partial charge is 0.407 e. The van der Waals surface area contributed by atoms with E-state index in [1.54, 1.807) is 18.7 Å². The largest absolute Gasteiger partial charge is 0.464 e. The summed E-state index contributed by atoms with van der Waals surface area (Å²) in [6.45, 7) is 2.48. The molecular formula is C11H21NO5S. The zero-order chi connectivity index (χ0) is 13.8. The van der Waals surface area contributed by atoms with E-state index in [1.807, 2.05) is 6.26 Å². The molecule has 0 radical (unpaired) electrons. The Bertz CT molecular complexity index is 250. The van der Waals surface area contributed by atoms with Gasteiger partial charge in [-0.15, -0.1) is 0 Å². The summed E-state index contributed by atoms with van der Waals surface area (Å²) in [6.07, 6.45) is 1.81. The average molecular weight is 279 g/mol. The minimum atomic E-state index is -0.660. The number of amides is 1. The minimum absolute atomic E-state index is 0.153. The molecule has 1 unspecified atom stereocenters. The molecule has 0 spiro atoms. The molecule has 0 saturated carbocycles. The Morgan fingerprint density at radius 3 is 2.56 bits per heavy atom. The van der Waals surface area contributed by atoms with Gasteiger partial charge in [-0.1, -0.05) is 0 Å². The molecule has 0 fully saturated rings. The van der Waals surface area contributed by atoms with E-state index in [9.17, 15) is 9.59 Å². The maximum atomic E-state index is 11.6. The van der Waals surface area contributed by atoms with Crippen molar-refractivity contribution in [3.8, 4) is 0 Å². The third-order valence-electron chi connectivity index (χ3n) is 1.99. The van der Waals surface area contributed by atoms with E-state index in [-0.39, 0.29) is 13.2 Å². The van der Waals surface area contributed by atoms with Gasteiger partial charge in [0, 0.05) is 7.11 Å². The van der Waals surface area contributed by atoms with Gasteiger partial charge in [0.2, 0.25) is 0 Å². The molecule has 106 valence electrons. The number of esters is 1. The lowest BCUT2D eigenvalue weighted by Crippen LogP contribution is -2.42. The number of hydrogen-bond donors (Lipinski definition) is 1. The van der Waals surface area contributed by atoms with Crippen molar-refractivity contribution < 1.29 is 23.8 Å². The fraction of sp³-hybridized carbons (Fsp3) is 0.818. The van der Waals surface area contributed by atoms with Crippen LogP contribution in [0.1, 0.15) is 13.3 Å². The van der Waals surface area contributed by atoms with Crippen molar-refractivity contribution in [1.82, 2.24) is 5.32 Å². The van der Waals surface area contributed by atoms with Crippen LogP contribution in [0.3, 0.4) is 0 Å². The number of thioether (sulfide) groups is 1.